The van der Waals surface area contributed by atoms with Gasteiger partial charge in [0.15, 0.2) is 5.58 Å². The fourth-order valence-electron chi connectivity index (χ4n) is 5.63. The number of nitrogens with one attached hydrogen (secondary N) is 1. The summed E-state index contributed by atoms with van der Waals surface area (Å²) >= 11 is 0. The Morgan fingerprint density at radius 1 is 1.09 bits per heavy atom. The molecule has 1 aliphatic heterocycles. The summed E-state index contributed by atoms with van der Waals surface area (Å²) in [6, 6.07) is 12.2. The van der Waals surface area contributed by atoms with Crippen LogP contribution in [0.5, 0.6) is 5.75 Å². The van der Waals surface area contributed by atoms with Gasteiger partial charge in [0.1, 0.15) is 11.6 Å². The Kier molecular flexibility index (Phi) is 7.32. The molecule has 5 rings (SSSR count). The van der Waals surface area contributed by atoms with Crippen LogP contribution in [0.3, 0.4) is 0 Å². The quantitative estimate of drug-likeness (QED) is 0.482. The SMILES string of the molecule is COc1ccc(C(=O)N[C@H]2CC[C@H](CCN3CCC(c4noc5cc(F)ccc45)CC3)CC2)cc1. The lowest BCUT2D eigenvalue weighted by Crippen LogP contribution is -2.38. The highest BCUT2D eigenvalue weighted by Gasteiger charge is 2.27. The molecule has 2 aliphatic rings. The molecule has 1 aromatic heterocycles. The summed E-state index contributed by atoms with van der Waals surface area (Å²) in [6.45, 7) is 3.26. The van der Waals surface area contributed by atoms with Crippen LogP contribution in [0.25, 0.3) is 11.0 Å². The van der Waals surface area contributed by atoms with Crippen LogP contribution in [0.2, 0.25) is 0 Å². The zero-order valence-corrected chi connectivity index (χ0v) is 20.3. The monoisotopic (exact) mass is 479 g/mol. The Hall–Kier alpha value is -2.93. The molecule has 3 aromatic rings. The van der Waals surface area contributed by atoms with Crippen molar-refractivity contribution in [1.82, 2.24) is 15.4 Å². The lowest BCUT2D eigenvalue weighted by Gasteiger charge is -2.34. The van der Waals surface area contributed by atoms with Crippen molar-refractivity contribution in [1.29, 1.82) is 0 Å². The number of rotatable bonds is 7. The van der Waals surface area contributed by atoms with Crippen molar-refractivity contribution in [2.24, 2.45) is 5.92 Å². The van der Waals surface area contributed by atoms with Crippen LogP contribution in [0.1, 0.15) is 66.9 Å². The second-order valence-electron chi connectivity index (χ2n) is 10.0. The Morgan fingerprint density at radius 3 is 2.54 bits per heavy atom. The Balaban J connectivity index is 1.02. The van der Waals surface area contributed by atoms with Crippen molar-refractivity contribution in [3.8, 4) is 5.75 Å². The van der Waals surface area contributed by atoms with Gasteiger partial charge >= 0.3 is 0 Å². The molecule has 0 radical (unpaired) electrons. The molecule has 1 saturated carbocycles. The largest absolute Gasteiger partial charge is 0.497 e. The minimum absolute atomic E-state index is 0.00370. The van der Waals surface area contributed by atoms with E-state index < -0.39 is 0 Å². The number of methoxy groups -OCH3 is 1. The first-order valence-corrected chi connectivity index (χ1v) is 12.8. The van der Waals surface area contributed by atoms with Gasteiger partial charge in [-0.05, 0) is 107 Å². The number of aromatic nitrogens is 1. The molecule has 0 atom stereocenters. The number of likely N-dealkylation sites (tertiary alicyclic amines) is 1. The molecule has 0 spiro atoms. The molecule has 6 nitrogen and oxygen atoms in total. The summed E-state index contributed by atoms with van der Waals surface area (Å²) in [5, 5.41) is 8.42. The molecule has 1 saturated heterocycles. The second-order valence-corrected chi connectivity index (χ2v) is 10.0. The zero-order valence-electron chi connectivity index (χ0n) is 20.3. The van der Waals surface area contributed by atoms with Crippen LogP contribution in [0, 0.1) is 11.7 Å². The summed E-state index contributed by atoms with van der Waals surface area (Å²) < 4.78 is 24.0. The van der Waals surface area contributed by atoms with E-state index in [-0.39, 0.29) is 17.8 Å². The number of benzene rings is 2. The highest BCUT2D eigenvalue weighted by Crippen LogP contribution is 2.33. The van der Waals surface area contributed by atoms with Gasteiger partial charge in [0, 0.05) is 29.0 Å². The highest BCUT2D eigenvalue weighted by atomic mass is 19.1. The molecular formula is C28H34FN3O3. The van der Waals surface area contributed by atoms with E-state index in [1.54, 1.807) is 13.2 Å². The van der Waals surface area contributed by atoms with E-state index in [0.717, 1.165) is 68.1 Å². The molecule has 2 heterocycles. The van der Waals surface area contributed by atoms with E-state index in [1.165, 1.54) is 31.4 Å². The van der Waals surface area contributed by atoms with Crippen LogP contribution in [-0.4, -0.2) is 48.7 Å². The number of carbonyl (C=O) groups excluding carboxylic acids is 1. The minimum atomic E-state index is -0.288. The van der Waals surface area contributed by atoms with E-state index in [1.807, 2.05) is 24.3 Å². The van der Waals surface area contributed by atoms with Crippen molar-refractivity contribution in [3.63, 3.8) is 0 Å². The van der Waals surface area contributed by atoms with Crippen molar-refractivity contribution in [2.75, 3.05) is 26.7 Å². The first kappa shape index (κ1) is 23.8. The maximum Gasteiger partial charge on any atom is 0.251 e. The van der Waals surface area contributed by atoms with Gasteiger partial charge in [-0.15, -0.1) is 0 Å². The molecule has 0 unspecified atom stereocenters. The smallest absolute Gasteiger partial charge is 0.251 e. The van der Waals surface area contributed by atoms with Crippen molar-refractivity contribution in [3.05, 3.63) is 59.5 Å². The summed E-state index contributed by atoms with van der Waals surface area (Å²) in [5.74, 6) is 1.58. The van der Waals surface area contributed by atoms with Crippen LogP contribution >= 0.6 is 0 Å². The van der Waals surface area contributed by atoms with Crippen LogP contribution in [0.15, 0.2) is 47.0 Å². The van der Waals surface area contributed by atoms with Crippen LogP contribution in [0.4, 0.5) is 4.39 Å². The fraction of sp³-hybridized carbons (Fsp3) is 0.500. The van der Waals surface area contributed by atoms with E-state index in [9.17, 15) is 9.18 Å². The van der Waals surface area contributed by atoms with Gasteiger partial charge in [-0.1, -0.05) is 5.16 Å². The molecule has 7 heteroatoms. The third-order valence-electron chi connectivity index (χ3n) is 7.82. The predicted molar refractivity (Wildman–Crippen MR) is 133 cm³/mol. The maximum absolute atomic E-state index is 13.4. The van der Waals surface area contributed by atoms with Gasteiger partial charge in [0.25, 0.3) is 5.91 Å². The highest BCUT2D eigenvalue weighted by molar-refractivity contribution is 5.94. The van der Waals surface area contributed by atoms with Gasteiger partial charge < -0.3 is 19.5 Å². The average Bonchev–Trinajstić information content (AvgIpc) is 3.31. The molecule has 186 valence electrons. The normalized spacial score (nSPS) is 21.8. The number of hydrogen-bond acceptors (Lipinski definition) is 5. The van der Waals surface area contributed by atoms with Crippen molar-refractivity contribution >= 4 is 16.9 Å². The summed E-state index contributed by atoms with van der Waals surface area (Å²) in [4.78, 5) is 15.1. The topological polar surface area (TPSA) is 67.6 Å². The summed E-state index contributed by atoms with van der Waals surface area (Å²) in [5.41, 5.74) is 2.20. The van der Waals surface area contributed by atoms with Crippen LogP contribution in [-0.2, 0) is 0 Å². The molecule has 2 aromatic carbocycles. The molecule has 2 fully saturated rings. The lowest BCUT2D eigenvalue weighted by atomic mass is 9.83. The fourth-order valence-corrected chi connectivity index (χ4v) is 5.63. The van der Waals surface area contributed by atoms with Gasteiger partial charge in [0.05, 0.1) is 12.8 Å². The van der Waals surface area contributed by atoms with Crippen LogP contribution < -0.4 is 10.1 Å². The van der Waals surface area contributed by atoms with E-state index in [4.69, 9.17) is 9.26 Å². The number of halogens is 1. The van der Waals surface area contributed by atoms with E-state index in [0.29, 0.717) is 17.1 Å². The average molecular weight is 480 g/mol. The number of amides is 1. The van der Waals surface area contributed by atoms with Gasteiger partial charge in [-0.2, -0.15) is 0 Å². The third-order valence-corrected chi connectivity index (χ3v) is 7.82. The van der Waals surface area contributed by atoms with Gasteiger partial charge in [-0.3, -0.25) is 4.79 Å². The lowest BCUT2D eigenvalue weighted by molar-refractivity contribution is 0.0919. The molecule has 1 N–H and O–H groups in total. The summed E-state index contributed by atoms with van der Waals surface area (Å²) in [6.07, 6.45) is 7.78. The predicted octanol–water partition coefficient (Wildman–Crippen LogP) is 5.53. The number of piperidine rings is 1. The molecule has 1 amide bonds. The van der Waals surface area contributed by atoms with E-state index >= 15 is 0 Å². The van der Waals surface area contributed by atoms with Crippen molar-refractivity contribution < 1.29 is 18.4 Å². The third kappa shape index (κ3) is 5.67. The zero-order chi connectivity index (χ0) is 24.2. The number of ether oxygens (including phenoxy) is 1. The first-order valence-electron chi connectivity index (χ1n) is 12.8. The number of carbonyl (C=O) groups is 1. The Labute approximate surface area is 205 Å². The molecule has 35 heavy (non-hydrogen) atoms. The number of fused-ring (bicyclic) bond motifs is 1. The summed E-state index contributed by atoms with van der Waals surface area (Å²) in [7, 11) is 1.63. The standard InChI is InChI=1S/C28H34FN3O3/c1-34-24-9-4-21(5-10-24)28(33)30-23-7-2-19(3-8-23)12-15-32-16-13-20(14-17-32)27-25-11-6-22(29)18-26(25)35-31-27/h4-6,9-11,18-20,23H,2-3,7-8,12-17H2,1H3,(H,30,33)/t19-,23-. The van der Waals surface area contributed by atoms with Gasteiger partial charge in [0.2, 0.25) is 0 Å². The molecule has 0 bridgehead atoms. The minimum Gasteiger partial charge on any atom is -0.497 e. The van der Waals surface area contributed by atoms with E-state index in [2.05, 4.69) is 15.4 Å². The number of nitrogens with zero attached hydrogens (tertiary/aromatic N) is 2. The number of hydrogen-bond donors (Lipinski definition) is 1. The molecular weight excluding hydrogens is 445 g/mol. The maximum atomic E-state index is 13.4. The Morgan fingerprint density at radius 2 is 1.83 bits per heavy atom. The second kappa shape index (κ2) is 10.8. The van der Waals surface area contributed by atoms with Crippen molar-refractivity contribution in [2.45, 2.75) is 56.9 Å². The molecule has 1 aliphatic carbocycles. The Bertz CT molecular complexity index is 1130. The first-order chi connectivity index (χ1) is 17.1. The van der Waals surface area contributed by atoms with Gasteiger partial charge in [-0.25, -0.2) is 4.39 Å².